The molecule has 58 heavy (non-hydrogen) atoms. The first kappa shape index (κ1) is 33.9. The molecule has 0 aliphatic heterocycles. The fourth-order valence-electron chi connectivity index (χ4n) is 9.45. The van der Waals surface area contributed by atoms with Crippen LogP contribution in [0.25, 0.3) is 88.8 Å². The van der Waals surface area contributed by atoms with Crippen molar-refractivity contribution in [2.24, 2.45) is 0 Å². The Hall–Kier alpha value is -7.42. The van der Waals surface area contributed by atoms with Gasteiger partial charge in [0.1, 0.15) is 0 Å². The van der Waals surface area contributed by atoms with Gasteiger partial charge in [0.15, 0.2) is 5.82 Å². The quantitative estimate of drug-likeness (QED) is 0.170. The van der Waals surface area contributed by atoms with Gasteiger partial charge in [0, 0.05) is 22.1 Å². The maximum atomic E-state index is 5.33. The summed E-state index contributed by atoms with van der Waals surface area (Å²) in [6.07, 6.45) is 0. The van der Waals surface area contributed by atoms with E-state index in [1.165, 1.54) is 60.8 Å². The normalized spacial score (nSPS) is 14.4. The Labute approximate surface area is 338 Å². The first-order valence-electron chi connectivity index (χ1n) is 20.0. The van der Waals surface area contributed by atoms with Gasteiger partial charge in [0.2, 0.25) is 0 Å². The van der Waals surface area contributed by atoms with Crippen LogP contribution in [0.2, 0.25) is 0 Å². The summed E-state index contributed by atoms with van der Waals surface area (Å²) in [6.45, 7) is 2.38. The summed E-state index contributed by atoms with van der Waals surface area (Å²) in [5.74, 6) is 0.704. The lowest BCUT2D eigenvalue weighted by molar-refractivity contribution is 0.714. The zero-order valence-electron chi connectivity index (χ0n) is 32.1. The van der Waals surface area contributed by atoms with Crippen molar-refractivity contribution in [1.29, 1.82) is 0 Å². The van der Waals surface area contributed by atoms with Gasteiger partial charge in [0.25, 0.3) is 0 Å². The van der Waals surface area contributed by atoms with E-state index in [-0.39, 0.29) is 5.41 Å². The molecule has 0 spiro atoms. The smallest absolute Gasteiger partial charge is 0.160 e. The van der Waals surface area contributed by atoms with E-state index in [4.69, 9.17) is 9.97 Å². The van der Waals surface area contributed by atoms with Crippen molar-refractivity contribution >= 4 is 21.5 Å². The van der Waals surface area contributed by atoms with Gasteiger partial charge in [-0.1, -0.05) is 206 Å². The van der Waals surface area contributed by atoms with E-state index in [2.05, 4.69) is 213 Å². The van der Waals surface area contributed by atoms with Crippen molar-refractivity contribution in [1.82, 2.24) is 9.97 Å². The van der Waals surface area contributed by atoms with Crippen LogP contribution < -0.4 is 0 Å². The minimum atomic E-state index is -0.270. The number of rotatable bonds is 6. The third-order valence-corrected chi connectivity index (χ3v) is 12.2. The maximum Gasteiger partial charge on any atom is 0.160 e. The van der Waals surface area contributed by atoms with E-state index in [0.717, 1.165) is 38.9 Å². The van der Waals surface area contributed by atoms with E-state index < -0.39 is 0 Å². The van der Waals surface area contributed by atoms with E-state index in [1.807, 2.05) is 6.07 Å². The van der Waals surface area contributed by atoms with Gasteiger partial charge in [-0.25, -0.2) is 9.97 Å². The second-order valence-electron chi connectivity index (χ2n) is 15.4. The van der Waals surface area contributed by atoms with Gasteiger partial charge >= 0.3 is 0 Å². The molecule has 11 rings (SSSR count). The predicted octanol–water partition coefficient (Wildman–Crippen LogP) is 14.5. The molecule has 272 valence electrons. The van der Waals surface area contributed by atoms with E-state index >= 15 is 0 Å². The van der Waals surface area contributed by atoms with Crippen molar-refractivity contribution in [3.05, 3.63) is 229 Å². The largest absolute Gasteiger partial charge is 0.228 e. The minimum absolute atomic E-state index is 0.270. The second-order valence-corrected chi connectivity index (χ2v) is 15.4. The molecule has 1 heterocycles. The summed E-state index contributed by atoms with van der Waals surface area (Å²) in [5, 5.41) is 4.71. The highest BCUT2D eigenvalue weighted by Crippen LogP contribution is 2.55. The van der Waals surface area contributed by atoms with Crippen LogP contribution in [0.1, 0.15) is 23.6 Å². The first-order chi connectivity index (χ1) is 28.7. The molecule has 1 aromatic heterocycles. The minimum Gasteiger partial charge on any atom is -0.228 e. The van der Waals surface area contributed by atoms with E-state index in [9.17, 15) is 0 Å². The summed E-state index contributed by atoms with van der Waals surface area (Å²) in [4.78, 5) is 10.6. The Balaban J connectivity index is 1.12. The Kier molecular flexibility index (Phi) is 7.97. The summed E-state index contributed by atoms with van der Waals surface area (Å²) in [5.41, 5.74) is 16.1. The first-order valence-corrected chi connectivity index (χ1v) is 20.0. The molecule has 0 N–H and O–H groups in total. The van der Waals surface area contributed by atoms with Crippen LogP contribution in [0.15, 0.2) is 212 Å². The lowest BCUT2D eigenvalue weighted by atomic mass is 9.74. The molecular weight excluding hydrogens is 701 g/mol. The molecule has 2 heteroatoms. The lowest BCUT2D eigenvalue weighted by Gasteiger charge is -2.28. The van der Waals surface area contributed by atoms with Gasteiger partial charge in [-0.15, -0.1) is 0 Å². The summed E-state index contributed by atoms with van der Waals surface area (Å²) >= 11 is 0. The fourth-order valence-corrected chi connectivity index (χ4v) is 9.45. The summed E-state index contributed by atoms with van der Waals surface area (Å²) in [6, 6.07) is 76.4. The van der Waals surface area contributed by atoms with Crippen molar-refractivity contribution in [3.8, 4) is 67.3 Å². The molecule has 0 amide bonds. The third-order valence-electron chi connectivity index (χ3n) is 12.2. The van der Waals surface area contributed by atoms with E-state index in [1.54, 1.807) is 0 Å². The Bertz CT molecular complexity index is 3170. The van der Waals surface area contributed by atoms with Crippen LogP contribution in [0.5, 0.6) is 0 Å². The monoisotopic (exact) mass is 738 g/mol. The molecule has 0 fully saturated rings. The molecule has 1 aliphatic rings. The molecule has 1 aliphatic carbocycles. The van der Waals surface area contributed by atoms with Crippen LogP contribution in [0.4, 0.5) is 0 Å². The topological polar surface area (TPSA) is 25.8 Å². The fraction of sp³-hybridized carbons (Fsp3) is 0.0357. The van der Waals surface area contributed by atoms with Crippen molar-refractivity contribution in [3.63, 3.8) is 0 Å². The average Bonchev–Trinajstić information content (AvgIpc) is 3.57. The van der Waals surface area contributed by atoms with Gasteiger partial charge in [-0.2, -0.15) is 0 Å². The highest BCUT2D eigenvalue weighted by atomic mass is 14.9. The van der Waals surface area contributed by atoms with Gasteiger partial charge < -0.3 is 0 Å². The standard InChI is InChI=1S/C56H38N2/c1-56(39-22-9-4-10-23-39)50-32-14-13-26-49(50)54-48(31-17-33-51(54)56)45-34-35-47(43-25-12-11-24-42(43)45)53-36-52(57-55(58-53)38-20-7-3-8-21-38)46-30-16-28-41-40(27-15-29-44(41)46)37-18-5-2-6-19-37/h2-36H,1H3. The molecule has 0 radical (unpaired) electrons. The van der Waals surface area contributed by atoms with Crippen molar-refractivity contribution in [2.45, 2.75) is 12.3 Å². The summed E-state index contributed by atoms with van der Waals surface area (Å²) in [7, 11) is 0. The number of nitrogens with zero attached hydrogens (tertiary/aromatic N) is 2. The third kappa shape index (κ3) is 5.33. The molecule has 0 bridgehead atoms. The highest BCUT2D eigenvalue weighted by molar-refractivity contribution is 6.09. The molecule has 0 saturated heterocycles. The van der Waals surface area contributed by atoms with Gasteiger partial charge in [0.05, 0.1) is 11.4 Å². The van der Waals surface area contributed by atoms with Gasteiger partial charge in [-0.3, -0.25) is 0 Å². The Morgan fingerprint density at radius 3 is 1.48 bits per heavy atom. The van der Waals surface area contributed by atoms with Gasteiger partial charge in [-0.05, 0) is 84.6 Å². The van der Waals surface area contributed by atoms with Crippen LogP contribution in [-0.2, 0) is 5.41 Å². The maximum absolute atomic E-state index is 5.33. The number of hydrogen-bond acceptors (Lipinski definition) is 2. The number of hydrogen-bond donors (Lipinski definition) is 0. The SMILES string of the molecule is CC1(c2ccccc2)c2ccccc2-c2c(-c3ccc(-c4cc(-c5cccc6c(-c7ccccc7)cccc56)nc(-c5ccccc5)n4)c4ccccc34)cccc21. The molecule has 1 atom stereocenters. The van der Waals surface area contributed by atoms with Crippen LogP contribution >= 0.6 is 0 Å². The average molecular weight is 739 g/mol. The molecule has 9 aromatic carbocycles. The van der Waals surface area contributed by atoms with Crippen molar-refractivity contribution < 1.29 is 0 Å². The van der Waals surface area contributed by atoms with Crippen molar-refractivity contribution in [2.75, 3.05) is 0 Å². The predicted molar refractivity (Wildman–Crippen MR) is 242 cm³/mol. The van der Waals surface area contributed by atoms with E-state index in [0.29, 0.717) is 5.82 Å². The summed E-state index contributed by atoms with van der Waals surface area (Å²) < 4.78 is 0. The van der Waals surface area contributed by atoms with Crippen LogP contribution in [0.3, 0.4) is 0 Å². The highest BCUT2D eigenvalue weighted by Gasteiger charge is 2.41. The van der Waals surface area contributed by atoms with Crippen LogP contribution in [-0.4, -0.2) is 9.97 Å². The number of fused-ring (bicyclic) bond motifs is 5. The molecule has 2 nitrogen and oxygen atoms in total. The lowest BCUT2D eigenvalue weighted by Crippen LogP contribution is -2.22. The molecule has 10 aromatic rings. The zero-order valence-corrected chi connectivity index (χ0v) is 32.1. The second kappa shape index (κ2) is 13.7. The zero-order chi connectivity index (χ0) is 38.6. The number of aromatic nitrogens is 2. The van der Waals surface area contributed by atoms with Crippen LogP contribution in [0, 0.1) is 0 Å². The molecule has 0 saturated carbocycles. The Morgan fingerprint density at radius 2 is 0.776 bits per heavy atom. The number of benzene rings is 9. The Morgan fingerprint density at radius 1 is 0.328 bits per heavy atom. The molecular formula is C56H38N2. The molecule has 1 unspecified atom stereocenters.